The summed E-state index contributed by atoms with van der Waals surface area (Å²) in [5.74, 6) is -1.16. The summed E-state index contributed by atoms with van der Waals surface area (Å²) in [6, 6.07) is 10.2. The molecular formula is C24H16F4N2O4. The Morgan fingerprint density at radius 2 is 1.82 bits per heavy atom. The Hall–Kier alpha value is -3.82. The number of nitrogens with zero attached hydrogens (tertiary/aromatic N) is 2. The molecule has 4 heterocycles. The predicted molar refractivity (Wildman–Crippen MR) is 111 cm³/mol. The van der Waals surface area contributed by atoms with Gasteiger partial charge in [-0.05, 0) is 23.8 Å². The average molecular weight is 472 g/mol. The van der Waals surface area contributed by atoms with E-state index in [1.165, 1.54) is 23.2 Å². The molecule has 2 aromatic carbocycles. The van der Waals surface area contributed by atoms with E-state index < -0.39 is 35.4 Å². The molecule has 0 radical (unpaired) electrons. The Morgan fingerprint density at radius 1 is 1.03 bits per heavy atom. The highest BCUT2D eigenvalue weighted by Crippen LogP contribution is 2.56. The fraction of sp³-hybridized carbons (Fsp3) is 0.250. The van der Waals surface area contributed by atoms with Gasteiger partial charge in [-0.1, -0.05) is 18.2 Å². The SMILES string of the molecule is O=C1N(Cc2ncccc2C(F)(F)F)c2ccccc2C12COc1cc3c(c(F)c12)OCCO3. The number of amides is 1. The second-order valence-corrected chi connectivity index (χ2v) is 8.19. The van der Waals surface area contributed by atoms with Gasteiger partial charge < -0.3 is 19.1 Å². The number of hydrogen-bond donors (Lipinski definition) is 0. The molecule has 3 aromatic rings. The molecule has 0 saturated carbocycles. The summed E-state index contributed by atoms with van der Waals surface area (Å²) in [7, 11) is 0. The summed E-state index contributed by atoms with van der Waals surface area (Å²) in [4.78, 5) is 19.0. The molecule has 6 rings (SSSR count). The number of fused-ring (bicyclic) bond motifs is 5. The van der Waals surface area contributed by atoms with Gasteiger partial charge in [0, 0.05) is 18.0 Å². The van der Waals surface area contributed by atoms with E-state index in [1.54, 1.807) is 24.3 Å². The van der Waals surface area contributed by atoms with Gasteiger partial charge in [-0.25, -0.2) is 4.39 Å². The molecule has 1 spiro atoms. The van der Waals surface area contributed by atoms with Crippen molar-refractivity contribution in [3.63, 3.8) is 0 Å². The highest BCUT2D eigenvalue weighted by atomic mass is 19.4. The first kappa shape index (κ1) is 20.8. The van der Waals surface area contributed by atoms with Crippen LogP contribution >= 0.6 is 0 Å². The zero-order chi connectivity index (χ0) is 23.7. The lowest BCUT2D eigenvalue weighted by molar-refractivity contribution is -0.138. The normalized spacial score (nSPS) is 20.4. The van der Waals surface area contributed by atoms with Crippen LogP contribution in [0.25, 0.3) is 0 Å². The van der Waals surface area contributed by atoms with Crippen molar-refractivity contribution < 1.29 is 36.6 Å². The first-order valence-electron chi connectivity index (χ1n) is 10.5. The first-order valence-corrected chi connectivity index (χ1v) is 10.5. The third kappa shape index (κ3) is 2.74. The van der Waals surface area contributed by atoms with Crippen molar-refractivity contribution in [1.29, 1.82) is 0 Å². The quantitative estimate of drug-likeness (QED) is 0.523. The van der Waals surface area contributed by atoms with Crippen LogP contribution in [0.5, 0.6) is 17.2 Å². The number of hydrogen-bond acceptors (Lipinski definition) is 5. The van der Waals surface area contributed by atoms with Crippen LogP contribution in [-0.4, -0.2) is 30.7 Å². The Balaban J connectivity index is 1.51. The molecule has 3 aliphatic rings. The van der Waals surface area contributed by atoms with Crippen LogP contribution in [0.15, 0.2) is 48.7 Å². The van der Waals surface area contributed by atoms with Gasteiger partial charge in [-0.15, -0.1) is 0 Å². The van der Waals surface area contributed by atoms with E-state index in [9.17, 15) is 18.0 Å². The fourth-order valence-electron chi connectivity index (χ4n) is 4.93. The number of carbonyl (C=O) groups excluding carboxylic acids is 1. The van der Waals surface area contributed by atoms with Gasteiger partial charge in [0.05, 0.1) is 23.4 Å². The first-order chi connectivity index (χ1) is 16.3. The van der Waals surface area contributed by atoms with E-state index in [0.717, 1.165) is 6.07 Å². The zero-order valence-corrected chi connectivity index (χ0v) is 17.5. The lowest BCUT2D eigenvalue weighted by Gasteiger charge is -2.25. The van der Waals surface area contributed by atoms with E-state index in [-0.39, 0.29) is 48.3 Å². The molecule has 10 heteroatoms. The number of ether oxygens (including phenoxy) is 3. The molecule has 1 amide bonds. The largest absolute Gasteiger partial charge is 0.491 e. The second kappa shape index (κ2) is 7.09. The molecule has 34 heavy (non-hydrogen) atoms. The van der Waals surface area contributed by atoms with Crippen LogP contribution < -0.4 is 19.1 Å². The van der Waals surface area contributed by atoms with Crippen LogP contribution in [0.3, 0.4) is 0 Å². The summed E-state index contributed by atoms with van der Waals surface area (Å²) in [6.45, 7) is -0.248. The van der Waals surface area contributed by atoms with Crippen molar-refractivity contribution >= 4 is 11.6 Å². The number of halogens is 4. The Kier molecular flexibility index (Phi) is 4.33. The highest BCUT2D eigenvalue weighted by Gasteiger charge is 2.59. The van der Waals surface area contributed by atoms with Crippen molar-refractivity contribution in [1.82, 2.24) is 4.98 Å². The zero-order valence-electron chi connectivity index (χ0n) is 17.5. The van der Waals surface area contributed by atoms with Crippen LogP contribution in [0, 0.1) is 5.82 Å². The van der Waals surface area contributed by atoms with Crippen LogP contribution in [0.2, 0.25) is 0 Å². The van der Waals surface area contributed by atoms with Crippen molar-refractivity contribution in [2.75, 3.05) is 24.7 Å². The Bertz CT molecular complexity index is 1340. The van der Waals surface area contributed by atoms with Crippen LogP contribution in [0.4, 0.5) is 23.2 Å². The number of alkyl halides is 3. The molecule has 0 fully saturated rings. The minimum absolute atomic E-state index is 0.00577. The molecule has 6 nitrogen and oxygen atoms in total. The topological polar surface area (TPSA) is 60.9 Å². The average Bonchev–Trinajstić information content (AvgIpc) is 3.32. The highest BCUT2D eigenvalue weighted by molar-refractivity contribution is 6.11. The lowest BCUT2D eigenvalue weighted by atomic mass is 9.76. The summed E-state index contributed by atoms with van der Waals surface area (Å²) >= 11 is 0. The number of aromatic nitrogens is 1. The van der Waals surface area contributed by atoms with Crippen molar-refractivity contribution in [3.8, 4) is 17.2 Å². The Labute approximate surface area is 190 Å². The van der Waals surface area contributed by atoms with E-state index in [1.807, 2.05) is 0 Å². The van der Waals surface area contributed by atoms with Crippen molar-refractivity contribution in [3.05, 3.63) is 76.9 Å². The summed E-state index contributed by atoms with van der Waals surface area (Å²) in [6.07, 6.45) is -3.40. The second-order valence-electron chi connectivity index (χ2n) is 8.19. The summed E-state index contributed by atoms with van der Waals surface area (Å²) < 4.78 is 73.2. The van der Waals surface area contributed by atoms with Crippen LogP contribution in [-0.2, 0) is 22.9 Å². The van der Waals surface area contributed by atoms with Gasteiger partial charge >= 0.3 is 6.18 Å². The maximum atomic E-state index is 15.8. The molecule has 1 unspecified atom stereocenters. The molecule has 0 N–H and O–H groups in total. The fourth-order valence-corrected chi connectivity index (χ4v) is 4.93. The van der Waals surface area contributed by atoms with E-state index in [4.69, 9.17) is 14.2 Å². The standard InChI is InChI=1S/C24H16F4N2O4/c25-20-19-17(10-18-21(20)33-9-8-32-18)34-12-23(19)14-4-1-2-6-16(14)30(22(23)31)11-15-13(24(26,27)28)5-3-7-29-15/h1-7,10H,8-9,11-12H2. The monoisotopic (exact) mass is 472 g/mol. The third-order valence-electron chi connectivity index (χ3n) is 6.38. The molecule has 3 aliphatic heterocycles. The number of benzene rings is 2. The van der Waals surface area contributed by atoms with Gasteiger partial charge in [0.1, 0.15) is 31.0 Å². The van der Waals surface area contributed by atoms with Gasteiger partial charge in [0.15, 0.2) is 17.3 Å². The molecule has 1 atom stereocenters. The molecule has 1 aromatic heterocycles. The third-order valence-corrected chi connectivity index (χ3v) is 6.38. The number of para-hydroxylation sites is 1. The predicted octanol–water partition coefficient (Wildman–Crippen LogP) is 4.24. The Morgan fingerprint density at radius 3 is 2.65 bits per heavy atom. The molecule has 0 aliphatic carbocycles. The number of anilines is 1. The van der Waals surface area contributed by atoms with Gasteiger partial charge in [0.25, 0.3) is 0 Å². The van der Waals surface area contributed by atoms with Crippen molar-refractivity contribution in [2.45, 2.75) is 18.1 Å². The minimum atomic E-state index is -4.64. The molecule has 0 saturated heterocycles. The van der Waals surface area contributed by atoms with Gasteiger partial charge in [-0.2, -0.15) is 13.2 Å². The maximum Gasteiger partial charge on any atom is 0.418 e. The summed E-state index contributed by atoms with van der Waals surface area (Å²) in [5.41, 5.74) is -2.00. The number of pyridine rings is 1. The smallest absolute Gasteiger partial charge is 0.418 e. The lowest BCUT2D eigenvalue weighted by Crippen LogP contribution is -2.43. The minimum Gasteiger partial charge on any atom is -0.491 e. The maximum absolute atomic E-state index is 15.8. The summed E-state index contributed by atoms with van der Waals surface area (Å²) in [5, 5.41) is 0. The van der Waals surface area contributed by atoms with E-state index in [2.05, 4.69) is 4.98 Å². The van der Waals surface area contributed by atoms with Gasteiger partial charge in [-0.3, -0.25) is 9.78 Å². The van der Waals surface area contributed by atoms with Crippen molar-refractivity contribution in [2.24, 2.45) is 0 Å². The van der Waals surface area contributed by atoms with E-state index >= 15 is 4.39 Å². The molecule has 174 valence electrons. The molecule has 0 bridgehead atoms. The van der Waals surface area contributed by atoms with E-state index in [0.29, 0.717) is 11.3 Å². The number of rotatable bonds is 2. The van der Waals surface area contributed by atoms with Gasteiger partial charge in [0.2, 0.25) is 5.91 Å². The number of carbonyl (C=O) groups is 1. The molecular weight excluding hydrogens is 456 g/mol. The van der Waals surface area contributed by atoms with Crippen LogP contribution in [0.1, 0.15) is 22.4 Å².